The van der Waals surface area contributed by atoms with E-state index < -0.39 is 0 Å². The number of amides is 1. The molecule has 0 aromatic heterocycles. The van der Waals surface area contributed by atoms with Gasteiger partial charge in [0, 0.05) is 23.7 Å². The van der Waals surface area contributed by atoms with E-state index in [1.54, 1.807) is 12.1 Å². The molecule has 0 N–H and O–H groups in total. The largest absolute Gasteiger partial charge is 0.489 e. The number of fused-ring (bicyclic) bond motifs is 1. The smallest absolute Gasteiger partial charge is 0.254 e. The van der Waals surface area contributed by atoms with E-state index in [1.807, 2.05) is 42.5 Å². The molecule has 3 aromatic carbocycles. The third-order valence-electron chi connectivity index (χ3n) is 6.74. The number of carbonyl (C=O) groups excluding carboxylic acids is 2. The van der Waals surface area contributed by atoms with Crippen LogP contribution in [0.5, 0.6) is 5.75 Å². The Balaban J connectivity index is 1.28. The van der Waals surface area contributed by atoms with Gasteiger partial charge in [0.25, 0.3) is 5.91 Å². The predicted molar refractivity (Wildman–Crippen MR) is 130 cm³/mol. The van der Waals surface area contributed by atoms with Crippen molar-refractivity contribution in [3.05, 3.63) is 87.9 Å². The highest BCUT2D eigenvalue weighted by atomic mass is 35.5. The van der Waals surface area contributed by atoms with Gasteiger partial charge in [-0.15, -0.1) is 0 Å². The van der Waals surface area contributed by atoms with E-state index in [-0.39, 0.29) is 5.91 Å². The highest BCUT2D eigenvalue weighted by Crippen LogP contribution is 2.31. The minimum atomic E-state index is 0.167. The van der Waals surface area contributed by atoms with E-state index in [4.69, 9.17) is 16.3 Å². The summed E-state index contributed by atoms with van der Waals surface area (Å²) >= 11 is 6.06. The summed E-state index contributed by atoms with van der Waals surface area (Å²) in [6, 6.07) is 19.7. The van der Waals surface area contributed by atoms with E-state index in [1.165, 1.54) is 12.8 Å². The highest BCUT2D eigenvalue weighted by Gasteiger charge is 2.31. The molecule has 33 heavy (non-hydrogen) atoms. The Bertz CT molecular complexity index is 1200. The van der Waals surface area contributed by atoms with Crippen LogP contribution in [-0.2, 0) is 13.0 Å². The molecular weight excluding hydrogens is 434 g/mol. The molecule has 1 aliphatic carbocycles. The fraction of sp³-hybridized carbons (Fsp3) is 0.286. The summed E-state index contributed by atoms with van der Waals surface area (Å²) in [5.41, 5.74) is 5.32. The molecule has 1 aliphatic heterocycles. The third kappa shape index (κ3) is 4.53. The molecule has 1 heterocycles. The van der Waals surface area contributed by atoms with Crippen molar-refractivity contribution in [1.82, 2.24) is 4.90 Å². The Labute approximate surface area is 199 Å². The van der Waals surface area contributed by atoms with E-state index in [0.29, 0.717) is 23.2 Å². The fourth-order valence-electron chi connectivity index (χ4n) is 4.96. The molecule has 0 unspecified atom stereocenters. The maximum atomic E-state index is 13.0. The van der Waals surface area contributed by atoms with Crippen LogP contribution < -0.4 is 4.74 Å². The molecule has 4 nitrogen and oxygen atoms in total. The van der Waals surface area contributed by atoms with Gasteiger partial charge in [0.1, 0.15) is 12.4 Å². The van der Waals surface area contributed by atoms with Crippen LogP contribution in [0, 0.1) is 0 Å². The van der Waals surface area contributed by atoms with Crippen LogP contribution >= 0.6 is 11.6 Å². The van der Waals surface area contributed by atoms with Crippen molar-refractivity contribution in [1.29, 1.82) is 0 Å². The number of hydrogen-bond donors (Lipinski definition) is 0. The Morgan fingerprint density at radius 2 is 1.82 bits per heavy atom. The van der Waals surface area contributed by atoms with Crippen LogP contribution in [0.4, 0.5) is 0 Å². The molecule has 1 amide bonds. The molecule has 0 saturated heterocycles. The lowest BCUT2D eigenvalue weighted by atomic mass is 9.97. The zero-order valence-corrected chi connectivity index (χ0v) is 19.2. The van der Waals surface area contributed by atoms with E-state index in [2.05, 4.69) is 11.0 Å². The highest BCUT2D eigenvalue weighted by molar-refractivity contribution is 6.33. The average Bonchev–Trinajstić information content (AvgIpc) is 3.38. The molecule has 3 aromatic rings. The lowest BCUT2D eigenvalue weighted by Gasteiger charge is -2.33. The first-order chi connectivity index (χ1) is 16.1. The first kappa shape index (κ1) is 21.7. The maximum absolute atomic E-state index is 13.0. The van der Waals surface area contributed by atoms with Crippen molar-refractivity contribution in [3.63, 3.8) is 0 Å². The molecule has 2 aliphatic rings. The van der Waals surface area contributed by atoms with Crippen LogP contribution in [-0.4, -0.2) is 29.7 Å². The average molecular weight is 460 g/mol. The van der Waals surface area contributed by atoms with E-state index >= 15 is 0 Å². The third-order valence-corrected chi connectivity index (χ3v) is 7.09. The maximum Gasteiger partial charge on any atom is 0.254 e. The number of nitrogens with zero attached hydrogens (tertiary/aromatic N) is 1. The number of hydrogen-bond acceptors (Lipinski definition) is 3. The summed E-state index contributed by atoms with van der Waals surface area (Å²) < 4.78 is 6.07. The van der Waals surface area contributed by atoms with Gasteiger partial charge in [-0.1, -0.05) is 48.7 Å². The molecule has 5 rings (SSSR count). The van der Waals surface area contributed by atoms with Crippen molar-refractivity contribution >= 4 is 23.8 Å². The number of ether oxygens (including phenoxy) is 1. The van der Waals surface area contributed by atoms with Crippen LogP contribution in [0.25, 0.3) is 11.1 Å². The molecule has 0 radical (unpaired) electrons. The molecule has 5 heteroatoms. The summed E-state index contributed by atoms with van der Waals surface area (Å²) in [4.78, 5) is 26.3. The lowest BCUT2D eigenvalue weighted by molar-refractivity contribution is 0.0663. The SMILES string of the molecule is O=Cc1cc(-c2cccc(COc3ccc4c(c3)CCN(C3CCCC3)C4=O)c2)ccc1Cl. The Morgan fingerprint density at radius 1 is 1.00 bits per heavy atom. The number of carbonyl (C=O) groups is 2. The lowest BCUT2D eigenvalue weighted by Crippen LogP contribution is -2.43. The molecule has 0 atom stereocenters. The van der Waals surface area contributed by atoms with E-state index in [9.17, 15) is 9.59 Å². The molecule has 1 saturated carbocycles. The predicted octanol–water partition coefficient (Wildman–Crippen LogP) is 6.34. The van der Waals surface area contributed by atoms with Gasteiger partial charge in [0.05, 0.1) is 5.02 Å². The first-order valence-electron chi connectivity index (χ1n) is 11.5. The first-order valence-corrected chi connectivity index (χ1v) is 11.9. The van der Waals surface area contributed by atoms with Crippen molar-refractivity contribution in [3.8, 4) is 16.9 Å². The van der Waals surface area contributed by atoms with Crippen molar-refractivity contribution in [2.24, 2.45) is 0 Å². The summed E-state index contributed by atoms with van der Waals surface area (Å²) in [6.45, 7) is 1.22. The van der Waals surface area contributed by atoms with Crippen LogP contribution in [0.3, 0.4) is 0 Å². The second-order valence-electron chi connectivity index (χ2n) is 8.85. The Kier molecular flexibility index (Phi) is 6.19. The molecule has 0 spiro atoms. The fourth-order valence-corrected chi connectivity index (χ4v) is 5.12. The van der Waals surface area contributed by atoms with Gasteiger partial charge >= 0.3 is 0 Å². The quantitative estimate of drug-likeness (QED) is 0.404. The van der Waals surface area contributed by atoms with Gasteiger partial charge in [0.2, 0.25) is 0 Å². The van der Waals surface area contributed by atoms with Crippen molar-refractivity contribution in [2.45, 2.75) is 44.8 Å². The number of aldehydes is 1. The van der Waals surface area contributed by atoms with Crippen LogP contribution in [0.1, 0.15) is 57.5 Å². The number of benzene rings is 3. The monoisotopic (exact) mass is 459 g/mol. The molecule has 1 fully saturated rings. The van der Waals surface area contributed by atoms with Gasteiger partial charge in [0.15, 0.2) is 6.29 Å². The summed E-state index contributed by atoms with van der Waals surface area (Å²) in [5.74, 6) is 0.941. The summed E-state index contributed by atoms with van der Waals surface area (Å²) in [5, 5.41) is 0.450. The normalized spacial score (nSPS) is 16.0. The number of rotatable bonds is 6. The summed E-state index contributed by atoms with van der Waals surface area (Å²) in [7, 11) is 0. The number of halogens is 1. The summed E-state index contributed by atoms with van der Waals surface area (Å²) in [6.07, 6.45) is 6.37. The zero-order chi connectivity index (χ0) is 22.8. The second-order valence-corrected chi connectivity index (χ2v) is 9.26. The zero-order valence-electron chi connectivity index (χ0n) is 18.4. The standard InChI is InChI=1S/C28H26ClNO3/c29-27-11-8-21(15-23(27)17-31)20-5-3-4-19(14-20)18-33-25-9-10-26-22(16-25)12-13-30(28(26)32)24-6-1-2-7-24/h3-5,8-11,14-17,24H,1-2,6-7,12-13,18H2. The van der Waals surface area contributed by atoms with Crippen molar-refractivity contribution in [2.75, 3.05) is 6.54 Å². The van der Waals surface area contributed by atoms with Crippen LogP contribution in [0.15, 0.2) is 60.7 Å². The molecule has 0 bridgehead atoms. The van der Waals surface area contributed by atoms with E-state index in [0.717, 1.165) is 65.7 Å². The van der Waals surface area contributed by atoms with Gasteiger partial charge in [-0.05, 0) is 77.9 Å². The van der Waals surface area contributed by atoms with Gasteiger partial charge in [-0.25, -0.2) is 0 Å². The molecule has 168 valence electrons. The minimum Gasteiger partial charge on any atom is -0.489 e. The minimum absolute atomic E-state index is 0.167. The Hall–Kier alpha value is -3.11. The Morgan fingerprint density at radius 3 is 2.64 bits per heavy atom. The topological polar surface area (TPSA) is 46.6 Å². The molecular formula is C28H26ClNO3. The van der Waals surface area contributed by atoms with Gasteiger partial charge < -0.3 is 9.64 Å². The second kappa shape index (κ2) is 9.40. The van der Waals surface area contributed by atoms with Crippen molar-refractivity contribution < 1.29 is 14.3 Å². The van der Waals surface area contributed by atoms with Gasteiger partial charge in [-0.2, -0.15) is 0 Å². The van der Waals surface area contributed by atoms with Gasteiger partial charge in [-0.3, -0.25) is 9.59 Å². The van der Waals surface area contributed by atoms with Crippen LogP contribution in [0.2, 0.25) is 5.02 Å².